The molecule has 2 rings (SSSR count). The van der Waals surface area contributed by atoms with Crippen LogP contribution in [0, 0.1) is 0 Å². The van der Waals surface area contributed by atoms with E-state index < -0.39 is 0 Å². The first kappa shape index (κ1) is 9.69. The first-order valence-corrected chi connectivity index (χ1v) is 5.39. The van der Waals surface area contributed by atoms with Crippen molar-refractivity contribution in [1.82, 2.24) is 4.90 Å². The molecular formula is C12H18N2. The molecule has 1 fully saturated rings. The van der Waals surface area contributed by atoms with E-state index >= 15 is 0 Å². The molecular weight excluding hydrogens is 172 g/mol. The smallest absolute Gasteiger partial charge is 0.0233 e. The number of nitrogens with zero attached hydrogens (tertiary/aromatic N) is 1. The minimum atomic E-state index is 0.742. The second kappa shape index (κ2) is 4.58. The van der Waals surface area contributed by atoms with E-state index in [1.165, 1.54) is 30.6 Å². The van der Waals surface area contributed by atoms with E-state index in [9.17, 15) is 0 Å². The van der Waals surface area contributed by atoms with Crippen molar-refractivity contribution in [3.63, 3.8) is 0 Å². The van der Waals surface area contributed by atoms with Gasteiger partial charge in [-0.25, -0.2) is 0 Å². The normalized spacial score (nSPS) is 16.6. The maximum atomic E-state index is 5.50. The van der Waals surface area contributed by atoms with Crippen LogP contribution in [0.25, 0.3) is 0 Å². The minimum Gasteiger partial charge on any atom is -0.330 e. The summed E-state index contributed by atoms with van der Waals surface area (Å²) in [4.78, 5) is 2.47. The van der Waals surface area contributed by atoms with E-state index in [0.717, 1.165) is 19.5 Å². The molecule has 0 amide bonds. The quantitative estimate of drug-likeness (QED) is 0.777. The molecule has 1 saturated heterocycles. The summed E-state index contributed by atoms with van der Waals surface area (Å²) in [7, 11) is 0. The van der Waals surface area contributed by atoms with Crippen LogP contribution in [0.4, 0.5) is 0 Å². The zero-order chi connectivity index (χ0) is 9.80. The summed E-state index contributed by atoms with van der Waals surface area (Å²) in [6, 6.07) is 8.84. The van der Waals surface area contributed by atoms with E-state index in [4.69, 9.17) is 5.73 Å². The van der Waals surface area contributed by atoms with E-state index in [1.54, 1.807) is 0 Å². The monoisotopic (exact) mass is 190 g/mol. The lowest BCUT2D eigenvalue weighted by molar-refractivity contribution is 0.172. The Morgan fingerprint density at radius 2 is 1.71 bits per heavy atom. The Labute approximate surface area is 85.7 Å². The summed E-state index contributed by atoms with van der Waals surface area (Å²) >= 11 is 0. The van der Waals surface area contributed by atoms with Gasteiger partial charge in [0.25, 0.3) is 0 Å². The molecule has 76 valence electrons. The SMILES string of the molecule is NCCc1ccc(CN2CCC2)cc1. The Balaban J connectivity index is 1.91. The minimum absolute atomic E-state index is 0.742. The van der Waals surface area contributed by atoms with Crippen molar-refractivity contribution < 1.29 is 0 Å². The molecule has 0 saturated carbocycles. The molecule has 1 heterocycles. The summed E-state index contributed by atoms with van der Waals surface area (Å²) in [5.41, 5.74) is 8.27. The summed E-state index contributed by atoms with van der Waals surface area (Å²) in [6.07, 6.45) is 2.36. The topological polar surface area (TPSA) is 29.3 Å². The predicted molar refractivity (Wildman–Crippen MR) is 59.1 cm³/mol. The maximum Gasteiger partial charge on any atom is 0.0233 e. The van der Waals surface area contributed by atoms with Crippen LogP contribution in [0.15, 0.2) is 24.3 Å². The van der Waals surface area contributed by atoms with Gasteiger partial charge in [0.15, 0.2) is 0 Å². The second-order valence-electron chi connectivity index (χ2n) is 3.98. The van der Waals surface area contributed by atoms with Crippen LogP contribution in [0.3, 0.4) is 0 Å². The van der Waals surface area contributed by atoms with Crippen LogP contribution in [-0.4, -0.2) is 24.5 Å². The van der Waals surface area contributed by atoms with E-state index in [1.807, 2.05) is 0 Å². The molecule has 0 unspecified atom stereocenters. The van der Waals surface area contributed by atoms with Crippen molar-refractivity contribution in [2.75, 3.05) is 19.6 Å². The molecule has 14 heavy (non-hydrogen) atoms. The molecule has 0 bridgehead atoms. The van der Waals surface area contributed by atoms with Gasteiger partial charge in [-0.1, -0.05) is 24.3 Å². The third-order valence-corrected chi connectivity index (χ3v) is 2.81. The molecule has 0 atom stereocenters. The highest BCUT2D eigenvalue weighted by atomic mass is 15.2. The summed E-state index contributed by atoms with van der Waals surface area (Å²) in [6.45, 7) is 4.39. The molecule has 1 aromatic carbocycles. The van der Waals surface area contributed by atoms with Gasteiger partial charge in [0.05, 0.1) is 0 Å². The fraction of sp³-hybridized carbons (Fsp3) is 0.500. The Hall–Kier alpha value is -0.860. The fourth-order valence-corrected chi connectivity index (χ4v) is 1.78. The van der Waals surface area contributed by atoms with Gasteiger partial charge in [-0.05, 0) is 43.6 Å². The van der Waals surface area contributed by atoms with Gasteiger partial charge < -0.3 is 5.73 Å². The number of benzene rings is 1. The molecule has 1 aliphatic heterocycles. The van der Waals surface area contributed by atoms with Gasteiger partial charge in [-0.2, -0.15) is 0 Å². The van der Waals surface area contributed by atoms with Crippen molar-refractivity contribution in [3.8, 4) is 0 Å². The standard InChI is InChI=1S/C12H18N2/c13-7-6-11-2-4-12(5-3-11)10-14-8-1-9-14/h2-5H,1,6-10,13H2. The number of likely N-dealkylation sites (tertiary alicyclic amines) is 1. The lowest BCUT2D eigenvalue weighted by Gasteiger charge is -2.30. The van der Waals surface area contributed by atoms with Crippen LogP contribution in [0.5, 0.6) is 0 Å². The van der Waals surface area contributed by atoms with Crippen molar-refractivity contribution in [3.05, 3.63) is 35.4 Å². The summed E-state index contributed by atoms with van der Waals surface area (Å²) in [5, 5.41) is 0. The molecule has 0 aromatic heterocycles. The van der Waals surface area contributed by atoms with Crippen molar-refractivity contribution in [2.45, 2.75) is 19.4 Å². The average molecular weight is 190 g/mol. The fourth-order valence-electron chi connectivity index (χ4n) is 1.78. The van der Waals surface area contributed by atoms with Crippen molar-refractivity contribution in [2.24, 2.45) is 5.73 Å². The third-order valence-electron chi connectivity index (χ3n) is 2.81. The highest BCUT2D eigenvalue weighted by Crippen LogP contribution is 2.12. The lowest BCUT2D eigenvalue weighted by atomic mass is 10.1. The van der Waals surface area contributed by atoms with Crippen LogP contribution >= 0.6 is 0 Å². The zero-order valence-corrected chi connectivity index (χ0v) is 8.58. The number of hydrogen-bond acceptors (Lipinski definition) is 2. The highest BCUT2D eigenvalue weighted by molar-refractivity contribution is 5.22. The first-order valence-electron chi connectivity index (χ1n) is 5.39. The van der Waals surface area contributed by atoms with Gasteiger partial charge >= 0.3 is 0 Å². The van der Waals surface area contributed by atoms with Gasteiger partial charge in [0.2, 0.25) is 0 Å². The molecule has 1 aliphatic rings. The van der Waals surface area contributed by atoms with Crippen LogP contribution in [0.1, 0.15) is 17.5 Å². The third kappa shape index (κ3) is 2.34. The van der Waals surface area contributed by atoms with Gasteiger partial charge in [-0.15, -0.1) is 0 Å². The van der Waals surface area contributed by atoms with Crippen molar-refractivity contribution in [1.29, 1.82) is 0 Å². The summed E-state index contributed by atoms with van der Waals surface area (Å²) < 4.78 is 0. The van der Waals surface area contributed by atoms with Crippen LogP contribution in [-0.2, 0) is 13.0 Å². The van der Waals surface area contributed by atoms with Crippen LogP contribution < -0.4 is 5.73 Å². The maximum absolute atomic E-state index is 5.50. The predicted octanol–water partition coefficient (Wildman–Crippen LogP) is 1.39. The average Bonchev–Trinajstić information content (AvgIpc) is 2.14. The Morgan fingerprint density at radius 1 is 1.07 bits per heavy atom. The molecule has 1 aromatic rings. The Morgan fingerprint density at radius 3 is 2.21 bits per heavy atom. The first-order chi connectivity index (χ1) is 6.88. The summed E-state index contributed by atoms with van der Waals surface area (Å²) in [5.74, 6) is 0. The lowest BCUT2D eigenvalue weighted by Crippen LogP contribution is -2.36. The molecule has 0 spiro atoms. The largest absolute Gasteiger partial charge is 0.330 e. The van der Waals surface area contributed by atoms with Crippen molar-refractivity contribution >= 4 is 0 Å². The molecule has 2 heteroatoms. The second-order valence-corrected chi connectivity index (χ2v) is 3.98. The molecule has 2 N–H and O–H groups in total. The van der Waals surface area contributed by atoms with E-state index in [2.05, 4.69) is 29.2 Å². The number of rotatable bonds is 4. The molecule has 0 aliphatic carbocycles. The Kier molecular flexibility index (Phi) is 3.17. The number of nitrogens with two attached hydrogens (primary N) is 1. The highest BCUT2D eigenvalue weighted by Gasteiger charge is 2.13. The van der Waals surface area contributed by atoms with Gasteiger partial charge in [0, 0.05) is 6.54 Å². The Bertz CT molecular complexity index is 275. The van der Waals surface area contributed by atoms with E-state index in [-0.39, 0.29) is 0 Å². The number of hydrogen-bond donors (Lipinski definition) is 1. The molecule has 2 nitrogen and oxygen atoms in total. The molecule has 0 radical (unpaired) electrons. The zero-order valence-electron chi connectivity index (χ0n) is 8.58. The van der Waals surface area contributed by atoms with E-state index in [0.29, 0.717) is 0 Å². The van der Waals surface area contributed by atoms with Crippen LogP contribution in [0.2, 0.25) is 0 Å². The van der Waals surface area contributed by atoms with Gasteiger partial charge in [0.1, 0.15) is 0 Å². The van der Waals surface area contributed by atoms with Gasteiger partial charge in [-0.3, -0.25) is 4.90 Å².